The van der Waals surface area contributed by atoms with E-state index in [2.05, 4.69) is 25.7 Å². The normalized spacial score (nSPS) is 16.7. The molecule has 6 nitrogen and oxygen atoms in total. The van der Waals surface area contributed by atoms with Crippen molar-refractivity contribution in [2.75, 3.05) is 44.6 Å². The van der Waals surface area contributed by atoms with Crippen LogP contribution in [0.25, 0.3) is 0 Å². The van der Waals surface area contributed by atoms with Crippen molar-refractivity contribution in [1.82, 2.24) is 20.4 Å². The van der Waals surface area contributed by atoms with E-state index < -0.39 is 0 Å². The van der Waals surface area contributed by atoms with Crippen LogP contribution in [0.1, 0.15) is 6.42 Å². The molecular weight excluding hydrogens is 254 g/mol. The number of rotatable bonds is 5. The largest absolute Gasteiger partial charge is 0.382 e. The summed E-state index contributed by atoms with van der Waals surface area (Å²) < 4.78 is 0. The molecule has 1 aliphatic heterocycles. The minimum Gasteiger partial charge on any atom is -0.382 e. The molecule has 100 valence electrons. The Bertz CT molecular complexity index is 430. The molecule has 0 aliphatic carbocycles. The maximum atomic E-state index is 11.2. The Morgan fingerprint density at radius 3 is 3.00 bits per heavy atom. The van der Waals surface area contributed by atoms with Gasteiger partial charge in [-0.05, 0) is 13.0 Å². The molecular formula is C11H18ClN5O. The number of nitrogens with zero attached hydrogens (tertiary/aromatic N) is 2. The molecule has 0 spiro atoms. The van der Waals surface area contributed by atoms with E-state index in [1.165, 1.54) is 6.20 Å². The van der Waals surface area contributed by atoms with Crippen molar-refractivity contribution in [2.24, 2.45) is 0 Å². The Kier molecular flexibility index (Phi) is 4.98. The van der Waals surface area contributed by atoms with Crippen LogP contribution >= 0.6 is 11.6 Å². The third-order valence-electron chi connectivity index (χ3n) is 2.97. The van der Waals surface area contributed by atoms with Gasteiger partial charge in [0.1, 0.15) is 5.02 Å². The third-order valence-corrected chi connectivity index (χ3v) is 3.35. The molecule has 0 unspecified atom stereocenters. The zero-order valence-corrected chi connectivity index (χ0v) is 11.0. The first-order chi connectivity index (χ1) is 8.77. The summed E-state index contributed by atoms with van der Waals surface area (Å²) in [4.78, 5) is 13.6. The number of aromatic amines is 1. The number of aromatic nitrogens is 2. The molecule has 2 rings (SSSR count). The molecule has 0 bridgehead atoms. The molecule has 1 saturated heterocycles. The minimum absolute atomic E-state index is 0.173. The summed E-state index contributed by atoms with van der Waals surface area (Å²) in [6.45, 7) is 6.19. The van der Waals surface area contributed by atoms with Crippen molar-refractivity contribution in [3.05, 3.63) is 21.6 Å². The quantitative estimate of drug-likeness (QED) is 0.664. The highest BCUT2D eigenvalue weighted by Gasteiger charge is 2.08. The summed E-state index contributed by atoms with van der Waals surface area (Å²) >= 11 is 5.86. The SMILES string of the molecule is O=c1[nH]ncc(NCCCN2CCNCC2)c1Cl. The third kappa shape index (κ3) is 3.69. The Labute approximate surface area is 111 Å². The number of piperazine rings is 1. The van der Waals surface area contributed by atoms with Gasteiger partial charge >= 0.3 is 0 Å². The van der Waals surface area contributed by atoms with Crippen molar-refractivity contribution in [3.63, 3.8) is 0 Å². The first-order valence-electron chi connectivity index (χ1n) is 6.17. The van der Waals surface area contributed by atoms with E-state index in [1.807, 2.05) is 0 Å². The Morgan fingerprint density at radius 2 is 2.22 bits per heavy atom. The smallest absolute Gasteiger partial charge is 0.285 e. The lowest BCUT2D eigenvalue weighted by Gasteiger charge is -2.27. The van der Waals surface area contributed by atoms with Gasteiger partial charge in [-0.15, -0.1) is 0 Å². The molecule has 1 aromatic rings. The maximum absolute atomic E-state index is 11.2. The predicted molar refractivity (Wildman–Crippen MR) is 72.3 cm³/mol. The molecule has 1 aromatic heterocycles. The number of anilines is 1. The topological polar surface area (TPSA) is 73.0 Å². The van der Waals surface area contributed by atoms with Crippen LogP contribution in [-0.2, 0) is 0 Å². The van der Waals surface area contributed by atoms with Gasteiger partial charge in [0.25, 0.3) is 5.56 Å². The maximum Gasteiger partial charge on any atom is 0.285 e. The van der Waals surface area contributed by atoms with Gasteiger partial charge in [-0.2, -0.15) is 5.10 Å². The number of halogens is 1. The second-order valence-corrected chi connectivity index (χ2v) is 4.68. The van der Waals surface area contributed by atoms with E-state index in [1.54, 1.807) is 0 Å². The molecule has 3 N–H and O–H groups in total. The summed E-state index contributed by atoms with van der Waals surface area (Å²) in [7, 11) is 0. The predicted octanol–water partition coefficient (Wildman–Crippen LogP) is 0.131. The molecule has 7 heteroatoms. The summed E-state index contributed by atoms with van der Waals surface area (Å²) in [6.07, 6.45) is 2.55. The zero-order chi connectivity index (χ0) is 12.8. The fraction of sp³-hybridized carbons (Fsp3) is 0.636. The van der Waals surface area contributed by atoms with Gasteiger partial charge in [-0.3, -0.25) is 4.79 Å². The summed E-state index contributed by atoms with van der Waals surface area (Å²) in [6, 6.07) is 0. The standard InChI is InChI=1S/C11H18ClN5O/c12-10-9(8-15-16-11(10)18)14-2-1-5-17-6-3-13-4-7-17/h8,13H,1-7H2,(H2,14,16,18). The summed E-state index contributed by atoms with van der Waals surface area (Å²) in [5.74, 6) is 0. The van der Waals surface area contributed by atoms with Crippen LogP contribution in [0, 0.1) is 0 Å². The zero-order valence-electron chi connectivity index (χ0n) is 10.2. The van der Waals surface area contributed by atoms with Crippen LogP contribution in [0.2, 0.25) is 5.02 Å². The van der Waals surface area contributed by atoms with Crippen molar-refractivity contribution < 1.29 is 0 Å². The fourth-order valence-corrected chi connectivity index (χ4v) is 2.13. The van der Waals surface area contributed by atoms with Crippen LogP contribution < -0.4 is 16.2 Å². The molecule has 1 fully saturated rings. The number of H-pyrrole nitrogens is 1. The van der Waals surface area contributed by atoms with Crippen LogP contribution in [0.4, 0.5) is 5.69 Å². The van der Waals surface area contributed by atoms with E-state index in [0.29, 0.717) is 5.69 Å². The Balaban J connectivity index is 1.71. The van der Waals surface area contributed by atoms with E-state index in [9.17, 15) is 4.79 Å². The first-order valence-corrected chi connectivity index (χ1v) is 6.55. The van der Waals surface area contributed by atoms with Gasteiger partial charge in [-0.25, -0.2) is 5.10 Å². The second-order valence-electron chi connectivity index (χ2n) is 4.30. The highest BCUT2D eigenvalue weighted by molar-refractivity contribution is 6.32. The molecule has 2 heterocycles. The molecule has 0 amide bonds. The summed E-state index contributed by atoms with van der Waals surface area (Å²) in [5.41, 5.74) is 0.240. The van der Waals surface area contributed by atoms with Crippen molar-refractivity contribution in [2.45, 2.75) is 6.42 Å². The molecule has 0 aromatic carbocycles. The average Bonchev–Trinajstić information content (AvgIpc) is 2.40. The lowest BCUT2D eigenvalue weighted by molar-refractivity contribution is 0.240. The number of hydrogen-bond donors (Lipinski definition) is 3. The average molecular weight is 272 g/mol. The lowest BCUT2D eigenvalue weighted by Crippen LogP contribution is -2.44. The van der Waals surface area contributed by atoms with Crippen LogP contribution in [-0.4, -0.2) is 54.4 Å². The van der Waals surface area contributed by atoms with E-state index in [0.717, 1.165) is 45.7 Å². The fourth-order valence-electron chi connectivity index (χ4n) is 1.97. The monoisotopic (exact) mass is 271 g/mol. The lowest BCUT2D eigenvalue weighted by atomic mass is 10.3. The van der Waals surface area contributed by atoms with Gasteiger partial charge in [0, 0.05) is 32.7 Å². The van der Waals surface area contributed by atoms with E-state index in [4.69, 9.17) is 11.6 Å². The molecule has 0 atom stereocenters. The van der Waals surface area contributed by atoms with Gasteiger partial charge in [0.2, 0.25) is 0 Å². The van der Waals surface area contributed by atoms with Gasteiger partial charge in [0.05, 0.1) is 11.9 Å². The van der Waals surface area contributed by atoms with Crippen LogP contribution in [0.5, 0.6) is 0 Å². The Hall–Kier alpha value is -1.11. The highest BCUT2D eigenvalue weighted by Crippen LogP contribution is 2.13. The van der Waals surface area contributed by atoms with Crippen molar-refractivity contribution in [3.8, 4) is 0 Å². The Morgan fingerprint density at radius 1 is 1.44 bits per heavy atom. The van der Waals surface area contributed by atoms with E-state index in [-0.39, 0.29) is 10.6 Å². The summed E-state index contributed by atoms with van der Waals surface area (Å²) in [5, 5.41) is 12.6. The molecule has 18 heavy (non-hydrogen) atoms. The van der Waals surface area contributed by atoms with Crippen molar-refractivity contribution in [1.29, 1.82) is 0 Å². The second kappa shape index (κ2) is 6.72. The first kappa shape index (κ1) is 13.3. The number of hydrogen-bond acceptors (Lipinski definition) is 5. The van der Waals surface area contributed by atoms with Gasteiger partial charge in [-0.1, -0.05) is 11.6 Å². The number of nitrogens with one attached hydrogen (secondary N) is 3. The van der Waals surface area contributed by atoms with Crippen molar-refractivity contribution >= 4 is 17.3 Å². The van der Waals surface area contributed by atoms with Crippen LogP contribution in [0.15, 0.2) is 11.0 Å². The van der Waals surface area contributed by atoms with Gasteiger partial charge < -0.3 is 15.5 Å². The molecule has 0 radical (unpaired) electrons. The molecule has 0 saturated carbocycles. The van der Waals surface area contributed by atoms with Crippen LogP contribution in [0.3, 0.4) is 0 Å². The molecule has 1 aliphatic rings. The minimum atomic E-state index is -0.358. The van der Waals surface area contributed by atoms with E-state index >= 15 is 0 Å². The van der Waals surface area contributed by atoms with Gasteiger partial charge in [0.15, 0.2) is 0 Å². The highest BCUT2D eigenvalue weighted by atomic mass is 35.5.